The number of hydrogen-bond donors (Lipinski definition) is 2. The minimum Gasteiger partial charge on any atom is -0.466 e. The quantitative estimate of drug-likeness (QED) is 0.0414. The lowest BCUT2D eigenvalue weighted by Crippen LogP contribution is -2.50. The number of nitrogens with one attached hydrogen (secondary N) is 2. The van der Waals surface area contributed by atoms with E-state index in [0.29, 0.717) is 28.8 Å². The van der Waals surface area contributed by atoms with E-state index in [0.717, 1.165) is 61.7 Å². The highest BCUT2D eigenvalue weighted by Gasteiger charge is 2.47. The third-order valence-electron chi connectivity index (χ3n) is 11.9. The van der Waals surface area contributed by atoms with Crippen LogP contribution in [0.1, 0.15) is 87.9 Å². The average molecular weight is 1320 g/mol. The Labute approximate surface area is 504 Å². The van der Waals surface area contributed by atoms with Crippen LogP contribution in [0.4, 0.5) is 52.7 Å². The van der Waals surface area contributed by atoms with Gasteiger partial charge in [-0.1, -0.05) is 86.8 Å². The van der Waals surface area contributed by atoms with Crippen molar-refractivity contribution in [2.24, 2.45) is 0 Å². The van der Waals surface area contributed by atoms with E-state index in [1.165, 1.54) is 31.4 Å². The van der Waals surface area contributed by atoms with Crippen LogP contribution in [-0.4, -0.2) is 69.1 Å². The number of carbonyl (C=O) groups is 2. The van der Waals surface area contributed by atoms with Gasteiger partial charge in [-0.15, -0.1) is 0 Å². The summed E-state index contributed by atoms with van der Waals surface area (Å²) in [6, 6.07) is 29.9. The summed E-state index contributed by atoms with van der Waals surface area (Å²) in [6.07, 6.45) is -15.0. The van der Waals surface area contributed by atoms with Crippen LogP contribution in [0.15, 0.2) is 157 Å². The van der Waals surface area contributed by atoms with Gasteiger partial charge < -0.3 is 18.9 Å². The summed E-state index contributed by atoms with van der Waals surface area (Å²) in [6.45, 7) is 13.2. The van der Waals surface area contributed by atoms with Crippen LogP contribution in [0, 0.1) is 23.3 Å². The molecule has 0 saturated carbocycles. The van der Waals surface area contributed by atoms with Crippen molar-refractivity contribution in [3.63, 3.8) is 0 Å². The number of rotatable bonds is 21. The fraction of sp³-hybridized carbons (Fsp3) is 0.311. The normalized spacial score (nSPS) is 14.0. The number of alkyl halides is 8. The predicted molar refractivity (Wildman–Crippen MR) is 310 cm³/mol. The first-order chi connectivity index (χ1) is 39.5. The number of hydrogen-bond acceptors (Lipinski definition) is 8. The second-order valence-electron chi connectivity index (χ2n) is 20.3. The molecule has 0 spiro atoms. The molecule has 0 radical (unpaired) electrons. The fourth-order valence-electron chi connectivity index (χ4n) is 7.62. The van der Waals surface area contributed by atoms with Gasteiger partial charge in [-0.2, -0.15) is 35.1 Å². The maximum Gasteiger partial charge on any atom is 0.461 e. The molecular formula is C61H63BrF12N2O8S2. The van der Waals surface area contributed by atoms with Crippen LogP contribution in [-0.2, 0) is 65.0 Å². The van der Waals surface area contributed by atoms with Gasteiger partial charge >= 0.3 is 37.0 Å². The van der Waals surface area contributed by atoms with E-state index in [4.69, 9.17) is 0 Å². The van der Waals surface area contributed by atoms with Crippen LogP contribution >= 0.6 is 15.9 Å². The van der Waals surface area contributed by atoms with Crippen molar-refractivity contribution in [2.45, 2.75) is 107 Å². The molecule has 6 aromatic rings. The summed E-state index contributed by atoms with van der Waals surface area (Å²) in [7, 11) is -1.29. The van der Waals surface area contributed by atoms with Gasteiger partial charge in [0.2, 0.25) is 0 Å². The highest BCUT2D eigenvalue weighted by molar-refractivity contribution is 9.10. The molecule has 0 fully saturated rings. The SMILES string of the molecule is C.C=CC(=O)OC.CC(C)(C)[S@@](=O)N[C@@](Cc1ccccc1)(c1cc(F)cc(OC(F)(F)C(F)F)c1)c1ccc(F)c(Br)c1.COC(=O)/C=C/c1cc([C@@](Cc2ccccc2)(N[S@](=O)C(C)(C)C)c2cc(F)cc(OC(F)(F)C(F)F)c2)ccc1F. The van der Waals surface area contributed by atoms with E-state index in [2.05, 4.69) is 50.9 Å². The molecule has 0 bridgehead atoms. The number of esters is 2. The molecule has 0 amide bonds. The molecule has 0 unspecified atom stereocenters. The summed E-state index contributed by atoms with van der Waals surface area (Å²) < 4.78 is 214. The van der Waals surface area contributed by atoms with Crippen molar-refractivity contribution in [1.29, 1.82) is 0 Å². The summed E-state index contributed by atoms with van der Waals surface area (Å²) in [5.41, 5.74) is -1.84. The first-order valence-electron chi connectivity index (χ1n) is 25.0. The molecule has 6 aromatic carbocycles. The number of ether oxygens (including phenoxy) is 4. The summed E-state index contributed by atoms with van der Waals surface area (Å²) in [4.78, 5) is 21.5. The van der Waals surface area contributed by atoms with E-state index >= 15 is 4.39 Å². The van der Waals surface area contributed by atoms with Gasteiger partial charge in [0.1, 0.15) is 34.8 Å². The van der Waals surface area contributed by atoms with Gasteiger partial charge in [0.15, 0.2) is 0 Å². The summed E-state index contributed by atoms with van der Waals surface area (Å²) >= 11 is 3.13. The fourth-order valence-corrected chi connectivity index (χ4v) is 9.86. The highest BCUT2D eigenvalue weighted by atomic mass is 79.9. The summed E-state index contributed by atoms with van der Waals surface area (Å²) in [5, 5.41) is 0. The maximum absolute atomic E-state index is 15.0. The second-order valence-corrected chi connectivity index (χ2v) is 25.1. The molecule has 0 aliphatic rings. The predicted octanol–water partition coefficient (Wildman–Crippen LogP) is 15.4. The smallest absolute Gasteiger partial charge is 0.461 e. The lowest BCUT2D eigenvalue weighted by Gasteiger charge is -2.38. The Balaban J connectivity index is 0.000000409. The van der Waals surface area contributed by atoms with E-state index in [-0.39, 0.29) is 47.0 Å². The third kappa shape index (κ3) is 20.4. The lowest BCUT2D eigenvalue weighted by molar-refractivity contribution is -0.253. The van der Waals surface area contributed by atoms with Gasteiger partial charge in [0, 0.05) is 29.8 Å². The van der Waals surface area contributed by atoms with Gasteiger partial charge in [-0.25, -0.2) is 45.0 Å². The van der Waals surface area contributed by atoms with Crippen LogP contribution in [0.2, 0.25) is 0 Å². The maximum atomic E-state index is 15.0. The van der Waals surface area contributed by atoms with Crippen molar-refractivity contribution < 1.29 is 89.6 Å². The van der Waals surface area contributed by atoms with Crippen LogP contribution in [0.3, 0.4) is 0 Å². The molecule has 10 nitrogen and oxygen atoms in total. The van der Waals surface area contributed by atoms with Crippen LogP contribution < -0.4 is 18.9 Å². The number of halogens is 13. The Morgan fingerprint density at radius 3 is 1.28 bits per heavy atom. The van der Waals surface area contributed by atoms with E-state index in [1.54, 1.807) is 102 Å². The minimum atomic E-state index is -4.93. The Kier molecular flexibility index (Phi) is 26.7. The lowest BCUT2D eigenvalue weighted by atomic mass is 9.78. The molecule has 0 saturated heterocycles. The zero-order valence-corrected chi connectivity index (χ0v) is 49.9. The molecule has 2 N–H and O–H groups in total. The van der Waals surface area contributed by atoms with Gasteiger partial charge in [0.05, 0.1) is 61.2 Å². The Hall–Kier alpha value is -6.80. The molecule has 0 aliphatic heterocycles. The van der Waals surface area contributed by atoms with Crippen molar-refractivity contribution >= 4 is 55.9 Å². The molecule has 6 rings (SSSR count). The van der Waals surface area contributed by atoms with E-state index in [9.17, 15) is 66.3 Å². The molecule has 4 atom stereocenters. The van der Waals surface area contributed by atoms with Crippen molar-refractivity contribution in [3.05, 3.63) is 219 Å². The van der Waals surface area contributed by atoms with E-state index in [1.807, 2.05) is 0 Å². The molecule has 0 heterocycles. The zero-order valence-electron chi connectivity index (χ0n) is 46.7. The number of benzene rings is 6. The van der Waals surface area contributed by atoms with Gasteiger partial charge in [-0.05, 0) is 158 Å². The van der Waals surface area contributed by atoms with Crippen molar-refractivity contribution in [1.82, 2.24) is 9.44 Å². The van der Waals surface area contributed by atoms with Gasteiger partial charge in [-0.3, -0.25) is 0 Å². The molecule has 86 heavy (non-hydrogen) atoms. The zero-order chi connectivity index (χ0) is 63.9. The average Bonchev–Trinajstić information content (AvgIpc) is 0.833. The second kappa shape index (κ2) is 31.2. The van der Waals surface area contributed by atoms with Crippen molar-refractivity contribution in [3.8, 4) is 11.5 Å². The standard InChI is InChI=1S/C30H29F6NO4S.C26H24BrF6NO2S.C4H6O2.CH4/c1-28(2,3)42(39)37-29(18-19-8-6-5-7-9-19,21-11-12-25(32)20(14-21)10-13-26(38)40-4)22-15-23(31)17-24(16-22)41-30(35,36)27(33)34;1-24(2,3)37(35)34-25(15-16-7-5-4-6-8-16,17-9-10-22(29)21(27)13-17)18-11-19(28)14-20(12-18)36-26(32,33)23(30)31;1-3-4(5)6-2;/h5-17,27,37H,18H2,1-4H3;4-14,23,34H,15H2,1-3H3;3H,1H2,2H3;1H4/b13-10+;;;/t29-,42-;25-,37-;;/m11../s1. The summed E-state index contributed by atoms with van der Waals surface area (Å²) in [5.74, 6) is -6.45. The van der Waals surface area contributed by atoms with Crippen molar-refractivity contribution in [2.75, 3.05) is 14.2 Å². The third-order valence-corrected chi connectivity index (χ3v) is 15.8. The Bertz CT molecular complexity index is 3330. The monoisotopic (exact) mass is 1320 g/mol. The highest BCUT2D eigenvalue weighted by Crippen LogP contribution is 2.42. The van der Waals surface area contributed by atoms with E-state index < -0.39 is 114 Å². The number of methoxy groups -OCH3 is 2. The molecule has 25 heteroatoms. The molecule has 0 aliphatic carbocycles. The topological polar surface area (TPSA) is 129 Å². The Morgan fingerprint density at radius 2 is 0.942 bits per heavy atom. The number of carbonyl (C=O) groups excluding carboxylic acids is 2. The largest absolute Gasteiger partial charge is 0.466 e. The van der Waals surface area contributed by atoms with Gasteiger partial charge in [0.25, 0.3) is 0 Å². The van der Waals surface area contributed by atoms with Crippen LogP contribution in [0.25, 0.3) is 6.08 Å². The first kappa shape index (κ1) is 73.5. The molecule has 0 aromatic heterocycles. The molecule has 468 valence electrons. The molecular weight excluding hydrogens is 1260 g/mol. The first-order valence-corrected chi connectivity index (χ1v) is 28.1. The minimum absolute atomic E-state index is 0. The Morgan fingerprint density at radius 1 is 0.558 bits per heavy atom. The van der Waals surface area contributed by atoms with Crippen LogP contribution in [0.5, 0.6) is 11.5 Å².